The van der Waals surface area contributed by atoms with Crippen LogP contribution in [0.15, 0.2) is 64.2 Å². The number of anilines is 2. The van der Waals surface area contributed by atoms with Crippen molar-refractivity contribution in [3.05, 3.63) is 86.8 Å². The highest BCUT2D eigenvalue weighted by Crippen LogP contribution is 2.32. The number of halogens is 1. The molecular weight excluding hydrogens is 409 g/mol. The largest absolute Gasteiger partial charge is 0.332 e. The van der Waals surface area contributed by atoms with Crippen molar-refractivity contribution >= 4 is 22.8 Å². The van der Waals surface area contributed by atoms with Crippen molar-refractivity contribution in [1.29, 1.82) is 0 Å². The van der Waals surface area contributed by atoms with Gasteiger partial charge >= 0.3 is 5.69 Å². The third kappa shape index (κ3) is 3.32. The van der Waals surface area contributed by atoms with Gasteiger partial charge in [0, 0.05) is 32.4 Å². The molecular formula is C24H24FN5O2. The van der Waals surface area contributed by atoms with Crippen LogP contribution in [0.1, 0.15) is 12.5 Å². The van der Waals surface area contributed by atoms with Crippen LogP contribution in [0.4, 0.5) is 16.0 Å². The van der Waals surface area contributed by atoms with Gasteiger partial charge in [0.15, 0.2) is 11.2 Å². The fraction of sp³-hybridized carbons (Fsp3) is 0.292. The quantitative estimate of drug-likeness (QED) is 0.496. The van der Waals surface area contributed by atoms with Crippen LogP contribution in [0.2, 0.25) is 0 Å². The van der Waals surface area contributed by atoms with Crippen LogP contribution >= 0.6 is 0 Å². The molecule has 4 aromatic rings. The van der Waals surface area contributed by atoms with E-state index < -0.39 is 0 Å². The maximum atomic E-state index is 13.5. The van der Waals surface area contributed by atoms with Gasteiger partial charge < -0.3 is 9.47 Å². The number of aryl methyl sites for hydroxylation is 2. The van der Waals surface area contributed by atoms with Crippen molar-refractivity contribution in [2.45, 2.75) is 26.4 Å². The summed E-state index contributed by atoms with van der Waals surface area (Å²) in [7, 11) is 1.65. The molecule has 0 N–H and O–H groups in total. The van der Waals surface area contributed by atoms with E-state index >= 15 is 0 Å². The van der Waals surface area contributed by atoms with Gasteiger partial charge in [0.1, 0.15) is 5.82 Å². The monoisotopic (exact) mass is 433 g/mol. The van der Waals surface area contributed by atoms with Gasteiger partial charge in [-0.3, -0.25) is 13.9 Å². The number of benzene rings is 2. The number of fused-ring (bicyclic) bond motifs is 3. The van der Waals surface area contributed by atoms with Crippen LogP contribution in [-0.2, 0) is 26.6 Å². The second kappa shape index (κ2) is 7.78. The number of nitrogens with zero attached hydrogens (tertiary/aromatic N) is 5. The van der Waals surface area contributed by atoms with Gasteiger partial charge in [-0.05, 0) is 42.2 Å². The van der Waals surface area contributed by atoms with E-state index in [9.17, 15) is 14.0 Å². The lowest BCUT2D eigenvalue weighted by Crippen LogP contribution is -2.40. The zero-order valence-electron chi connectivity index (χ0n) is 18.0. The Balaban J connectivity index is 1.65. The molecule has 1 aliphatic heterocycles. The van der Waals surface area contributed by atoms with Crippen molar-refractivity contribution in [1.82, 2.24) is 18.7 Å². The minimum absolute atomic E-state index is 0.236. The Bertz CT molecular complexity index is 1400. The summed E-state index contributed by atoms with van der Waals surface area (Å²) < 4.78 is 18.1. The first-order chi connectivity index (χ1) is 15.4. The highest BCUT2D eigenvalue weighted by Gasteiger charge is 2.29. The third-order valence-corrected chi connectivity index (χ3v) is 6.05. The second-order valence-electron chi connectivity index (χ2n) is 8.42. The van der Waals surface area contributed by atoms with E-state index in [-0.39, 0.29) is 23.0 Å². The first-order valence-electron chi connectivity index (χ1n) is 10.7. The summed E-state index contributed by atoms with van der Waals surface area (Å²) in [6.45, 7) is 3.70. The van der Waals surface area contributed by atoms with Crippen molar-refractivity contribution in [2.24, 2.45) is 13.0 Å². The Hall–Kier alpha value is -3.68. The summed E-state index contributed by atoms with van der Waals surface area (Å²) >= 11 is 0. The Morgan fingerprint density at radius 1 is 1.03 bits per heavy atom. The van der Waals surface area contributed by atoms with Gasteiger partial charge in [0.2, 0.25) is 5.95 Å². The number of hydrogen-bond donors (Lipinski definition) is 0. The van der Waals surface area contributed by atoms with Crippen molar-refractivity contribution < 1.29 is 4.39 Å². The Morgan fingerprint density at radius 3 is 2.47 bits per heavy atom. The Kier molecular flexibility index (Phi) is 4.92. The van der Waals surface area contributed by atoms with Gasteiger partial charge in [0.25, 0.3) is 5.56 Å². The molecule has 0 radical (unpaired) electrons. The van der Waals surface area contributed by atoms with E-state index in [0.717, 1.165) is 11.3 Å². The van der Waals surface area contributed by atoms with E-state index in [1.54, 1.807) is 19.2 Å². The molecule has 0 saturated carbocycles. The molecule has 0 bridgehead atoms. The summed E-state index contributed by atoms with van der Waals surface area (Å²) in [6.07, 6.45) is 0.584. The maximum absolute atomic E-state index is 13.5. The van der Waals surface area contributed by atoms with Gasteiger partial charge in [-0.1, -0.05) is 37.3 Å². The molecule has 7 nitrogen and oxygen atoms in total. The molecule has 0 amide bonds. The lowest BCUT2D eigenvalue weighted by Gasteiger charge is -2.32. The van der Waals surface area contributed by atoms with Crippen LogP contribution in [0.5, 0.6) is 0 Å². The number of hydrogen-bond acceptors (Lipinski definition) is 4. The summed E-state index contributed by atoms with van der Waals surface area (Å²) in [5, 5.41) is 0. The zero-order valence-corrected chi connectivity index (χ0v) is 18.0. The lowest BCUT2D eigenvalue weighted by atomic mass is 10.1. The topological polar surface area (TPSA) is 65.1 Å². The van der Waals surface area contributed by atoms with Crippen LogP contribution in [0.3, 0.4) is 0 Å². The summed E-state index contributed by atoms with van der Waals surface area (Å²) in [5.41, 5.74) is 1.94. The van der Waals surface area contributed by atoms with Crippen molar-refractivity contribution in [2.75, 3.05) is 11.4 Å². The maximum Gasteiger partial charge on any atom is 0.332 e. The Labute approximate surface area is 184 Å². The molecule has 1 atom stereocenters. The van der Waals surface area contributed by atoms with Crippen LogP contribution in [-0.4, -0.2) is 25.2 Å². The summed E-state index contributed by atoms with van der Waals surface area (Å²) in [4.78, 5) is 33.2. The molecule has 0 fully saturated rings. The highest BCUT2D eigenvalue weighted by atomic mass is 19.1. The van der Waals surface area contributed by atoms with E-state index in [1.165, 1.54) is 21.3 Å². The van der Waals surface area contributed by atoms with Crippen LogP contribution in [0, 0.1) is 11.7 Å². The van der Waals surface area contributed by atoms with Crippen LogP contribution in [0.25, 0.3) is 11.2 Å². The Morgan fingerprint density at radius 2 is 1.75 bits per heavy atom. The van der Waals surface area contributed by atoms with E-state index in [2.05, 4.69) is 6.92 Å². The SMILES string of the molecule is C[C@H]1CN(c2ccc(F)cc2)c2nc3c(c(=O)n(CCc4ccccc4)c(=O)n3C)n2C1. The fourth-order valence-corrected chi connectivity index (χ4v) is 4.43. The molecule has 5 rings (SSSR count). The molecule has 2 aromatic heterocycles. The molecule has 0 spiro atoms. The zero-order chi connectivity index (χ0) is 22.4. The average Bonchev–Trinajstić information content (AvgIpc) is 3.18. The van der Waals surface area contributed by atoms with Gasteiger partial charge in [-0.15, -0.1) is 0 Å². The third-order valence-electron chi connectivity index (χ3n) is 6.05. The summed E-state index contributed by atoms with van der Waals surface area (Å²) in [5.74, 6) is 0.521. The average molecular weight is 433 g/mol. The standard InChI is InChI=1S/C24H24FN5O2/c1-16-14-29(19-10-8-18(25)9-11-19)23-26-21-20(30(23)15-16)22(31)28(24(32)27(21)2)13-12-17-6-4-3-5-7-17/h3-11,16H,12-15H2,1-2H3/t16-/m0/s1. The molecule has 0 aliphatic carbocycles. The van der Waals surface area contributed by atoms with Gasteiger partial charge in [-0.2, -0.15) is 4.98 Å². The molecule has 164 valence electrons. The molecule has 0 unspecified atom stereocenters. The van der Waals surface area contributed by atoms with Crippen molar-refractivity contribution in [3.8, 4) is 0 Å². The minimum atomic E-state index is -0.379. The van der Waals surface area contributed by atoms with Gasteiger partial charge in [0.05, 0.1) is 0 Å². The predicted octanol–water partition coefficient (Wildman–Crippen LogP) is 3.07. The van der Waals surface area contributed by atoms with E-state index in [1.807, 2.05) is 39.8 Å². The molecule has 3 heterocycles. The fourth-order valence-electron chi connectivity index (χ4n) is 4.43. The molecule has 32 heavy (non-hydrogen) atoms. The first kappa shape index (κ1) is 20.2. The number of rotatable bonds is 4. The molecule has 1 aliphatic rings. The van der Waals surface area contributed by atoms with E-state index in [4.69, 9.17) is 4.98 Å². The smallest absolute Gasteiger partial charge is 0.312 e. The highest BCUT2D eigenvalue weighted by molar-refractivity contribution is 5.77. The number of imidazole rings is 1. The summed E-state index contributed by atoms with van der Waals surface area (Å²) in [6, 6.07) is 16.0. The molecule has 8 heteroatoms. The minimum Gasteiger partial charge on any atom is -0.312 e. The normalized spacial score (nSPS) is 15.8. The second-order valence-corrected chi connectivity index (χ2v) is 8.42. The molecule has 2 aromatic carbocycles. The van der Waals surface area contributed by atoms with E-state index in [0.29, 0.717) is 43.2 Å². The number of aromatic nitrogens is 4. The predicted molar refractivity (Wildman–Crippen MR) is 122 cm³/mol. The lowest BCUT2D eigenvalue weighted by molar-refractivity contribution is 0.457. The van der Waals surface area contributed by atoms with Crippen molar-refractivity contribution in [3.63, 3.8) is 0 Å². The molecule has 0 saturated heterocycles. The first-order valence-corrected chi connectivity index (χ1v) is 10.7. The van der Waals surface area contributed by atoms with Gasteiger partial charge in [-0.25, -0.2) is 9.18 Å². The van der Waals surface area contributed by atoms with Crippen LogP contribution < -0.4 is 16.1 Å².